The van der Waals surface area contributed by atoms with Gasteiger partial charge in [0.1, 0.15) is 10.6 Å². The molecule has 2 aromatic rings. The van der Waals surface area contributed by atoms with E-state index in [0.29, 0.717) is 11.4 Å². The molecule has 20 heavy (non-hydrogen) atoms. The first kappa shape index (κ1) is 14.9. The zero-order valence-electron chi connectivity index (χ0n) is 11.1. The summed E-state index contributed by atoms with van der Waals surface area (Å²) in [6.07, 6.45) is 0. The highest BCUT2D eigenvalue weighted by Gasteiger charge is 2.19. The molecule has 0 bridgehead atoms. The Labute approximate surface area is 127 Å². The van der Waals surface area contributed by atoms with Crippen LogP contribution in [0.4, 0.5) is 5.69 Å². The molecule has 0 saturated heterocycles. The van der Waals surface area contributed by atoms with Crippen molar-refractivity contribution < 1.29 is 13.2 Å². The smallest absolute Gasteiger partial charge is 0.265 e. The van der Waals surface area contributed by atoms with Crippen LogP contribution in [0.2, 0.25) is 0 Å². The number of nitrogens with one attached hydrogen (secondary N) is 1. The molecule has 0 aromatic heterocycles. The zero-order chi connectivity index (χ0) is 14.8. The van der Waals surface area contributed by atoms with Gasteiger partial charge in [0.25, 0.3) is 10.0 Å². The molecule has 0 amide bonds. The van der Waals surface area contributed by atoms with E-state index in [-0.39, 0.29) is 4.90 Å². The maximum absolute atomic E-state index is 12.4. The molecule has 4 nitrogen and oxygen atoms in total. The lowest BCUT2D eigenvalue weighted by Gasteiger charge is -2.12. The van der Waals surface area contributed by atoms with Crippen molar-refractivity contribution in [2.45, 2.75) is 11.8 Å². The van der Waals surface area contributed by atoms with Crippen LogP contribution in [0.3, 0.4) is 0 Å². The summed E-state index contributed by atoms with van der Waals surface area (Å²) in [7, 11) is -2.23. The van der Waals surface area contributed by atoms with Crippen molar-refractivity contribution in [3.8, 4) is 5.75 Å². The molecule has 0 unspecified atom stereocenters. The van der Waals surface area contributed by atoms with E-state index in [9.17, 15) is 8.42 Å². The molecular weight excluding hydrogens is 342 g/mol. The average Bonchev–Trinajstić information content (AvgIpc) is 2.41. The quantitative estimate of drug-likeness (QED) is 0.911. The Bertz CT molecular complexity index is 712. The van der Waals surface area contributed by atoms with Gasteiger partial charge in [-0.15, -0.1) is 0 Å². The topological polar surface area (TPSA) is 55.4 Å². The first-order valence-corrected chi connectivity index (χ1v) is 8.13. The molecular formula is C14H14BrNO3S. The molecule has 6 heteroatoms. The van der Waals surface area contributed by atoms with Crippen LogP contribution in [0, 0.1) is 6.92 Å². The van der Waals surface area contributed by atoms with Crippen LogP contribution in [0.1, 0.15) is 5.56 Å². The van der Waals surface area contributed by atoms with E-state index in [1.807, 2.05) is 6.92 Å². The molecule has 2 rings (SSSR count). The van der Waals surface area contributed by atoms with Crippen molar-refractivity contribution in [2.75, 3.05) is 11.8 Å². The first-order valence-electron chi connectivity index (χ1n) is 5.85. The van der Waals surface area contributed by atoms with Crippen LogP contribution in [-0.4, -0.2) is 15.5 Å². The third-order valence-corrected chi connectivity index (χ3v) is 4.64. The van der Waals surface area contributed by atoms with Gasteiger partial charge in [-0.3, -0.25) is 4.72 Å². The monoisotopic (exact) mass is 355 g/mol. The van der Waals surface area contributed by atoms with E-state index in [2.05, 4.69) is 20.7 Å². The van der Waals surface area contributed by atoms with E-state index >= 15 is 0 Å². The van der Waals surface area contributed by atoms with E-state index in [0.717, 1.165) is 10.0 Å². The maximum Gasteiger partial charge on any atom is 0.265 e. The number of hydrogen-bond donors (Lipinski definition) is 1. The highest BCUT2D eigenvalue weighted by Crippen LogP contribution is 2.27. The van der Waals surface area contributed by atoms with Crippen molar-refractivity contribution in [2.24, 2.45) is 0 Å². The van der Waals surface area contributed by atoms with Crippen LogP contribution in [-0.2, 0) is 10.0 Å². The molecule has 0 radical (unpaired) electrons. The van der Waals surface area contributed by atoms with Crippen molar-refractivity contribution in [1.82, 2.24) is 0 Å². The van der Waals surface area contributed by atoms with Gasteiger partial charge in [-0.2, -0.15) is 0 Å². The lowest BCUT2D eigenvalue weighted by molar-refractivity contribution is 0.402. The molecule has 0 spiro atoms. The maximum atomic E-state index is 12.4. The van der Waals surface area contributed by atoms with Crippen LogP contribution < -0.4 is 9.46 Å². The number of halogens is 1. The summed E-state index contributed by atoms with van der Waals surface area (Å²) in [5, 5.41) is 0. The minimum atomic E-state index is -3.68. The van der Waals surface area contributed by atoms with Crippen LogP contribution in [0.15, 0.2) is 51.8 Å². The minimum absolute atomic E-state index is 0.128. The average molecular weight is 356 g/mol. The van der Waals surface area contributed by atoms with Crippen molar-refractivity contribution >= 4 is 31.6 Å². The van der Waals surface area contributed by atoms with Gasteiger partial charge in [0.15, 0.2) is 0 Å². The minimum Gasteiger partial charge on any atom is -0.495 e. The highest BCUT2D eigenvalue weighted by molar-refractivity contribution is 9.10. The summed E-state index contributed by atoms with van der Waals surface area (Å²) in [6, 6.07) is 11.9. The fourth-order valence-electron chi connectivity index (χ4n) is 1.72. The SMILES string of the molecule is COc1ccc(C)cc1S(=O)(=O)Nc1ccc(Br)cc1. The van der Waals surface area contributed by atoms with E-state index in [1.54, 1.807) is 42.5 Å². The van der Waals surface area contributed by atoms with Gasteiger partial charge >= 0.3 is 0 Å². The van der Waals surface area contributed by atoms with Crippen molar-refractivity contribution in [1.29, 1.82) is 0 Å². The Kier molecular flexibility index (Phi) is 4.35. The fourth-order valence-corrected chi connectivity index (χ4v) is 3.30. The largest absolute Gasteiger partial charge is 0.495 e. The number of methoxy groups -OCH3 is 1. The van der Waals surface area contributed by atoms with Crippen molar-refractivity contribution in [3.05, 3.63) is 52.5 Å². The second-order valence-electron chi connectivity index (χ2n) is 4.27. The van der Waals surface area contributed by atoms with Gasteiger partial charge in [0.2, 0.25) is 0 Å². The predicted molar refractivity (Wildman–Crippen MR) is 82.7 cm³/mol. The number of hydrogen-bond acceptors (Lipinski definition) is 3. The summed E-state index contributed by atoms with van der Waals surface area (Å²) in [6.45, 7) is 1.83. The Morgan fingerprint density at radius 2 is 1.75 bits per heavy atom. The van der Waals surface area contributed by atoms with Crippen LogP contribution >= 0.6 is 15.9 Å². The Balaban J connectivity index is 2.40. The molecule has 0 saturated carbocycles. The lowest BCUT2D eigenvalue weighted by atomic mass is 10.2. The number of sulfonamides is 1. The number of ether oxygens (including phenoxy) is 1. The predicted octanol–water partition coefficient (Wildman–Crippen LogP) is 3.57. The van der Waals surface area contributed by atoms with Crippen LogP contribution in [0.25, 0.3) is 0 Å². The van der Waals surface area contributed by atoms with Gasteiger partial charge in [-0.05, 0) is 48.9 Å². The van der Waals surface area contributed by atoms with E-state index in [4.69, 9.17) is 4.74 Å². The number of benzene rings is 2. The van der Waals surface area contributed by atoms with Gasteiger partial charge in [0, 0.05) is 10.2 Å². The van der Waals surface area contributed by atoms with Crippen LogP contribution in [0.5, 0.6) is 5.75 Å². The summed E-state index contributed by atoms with van der Waals surface area (Å²) in [5.41, 5.74) is 1.35. The second kappa shape index (κ2) is 5.85. The Morgan fingerprint density at radius 1 is 1.10 bits per heavy atom. The Morgan fingerprint density at radius 3 is 2.35 bits per heavy atom. The second-order valence-corrected chi connectivity index (χ2v) is 6.83. The molecule has 0 fully saturated rings. The normalized spacial score (nSPS) is 11.2. The van der Waals surface area contributed by atoms with E-state index < -0.39 is 10.0 Å². The molecule has 0 heterocycles. The fraction of sp³-hybridized carbons (Fsp3) is 0.143. The molecule has 0 atom stereocenters. The molecule has 0 aliphatic heterocycles. The first-order chi connectivity index (χ1) is 9.42. The van der Waals surface area contributed by atoms with Gasteiger partial charge in [-0.1, -0.05) is 22.0 Å². The third-order valence-electron chi connectivity index (χ3n) is 2.71. The third kappa shape index (κ3) is 3.32. The highest BCUT2D eigenvalue weighted by atomic mass is 79.9. The number of rotatable bonds is 4. The molecule has 2 aromatic carbocycles. The van der Waals surface area contributed by atoms with E-state index in [1.165, 1.54) is 7.11 Å². The summed E-state index contributed by atoms with van der Waals surface area (Å²) < 4.78 is 33.4. The van der Waals surface area contributed by atoms with Gasteiger partial charge in [-0.25, -0.2) is 8.42 Å². The lowest BCUT2D eigenvalue weighted by Crippen LogP contribution is -2.14. The molecule has 1 N–H and O–H groups in total. The standard InChI is InChI=1S/C14H14BrNO3S/c1-10-3-8-13(19-2)14(9-10)20(17,18)16-12-6-4-11(15)5-7-12/h3-9,16H,1-2H3. The van der Waals surface area contributed by atoms with Crippen molar-refractivity contribution in [3.63, 3.8) is 0 Å². The summed E-state index contributed by atoms with van der Waals surface area (Å²) in [5.74, 6) is 0.320. The number of anilines is 1. The summed E-state index contributed by atoms with van der Waals surface area (Å²) >= 11 is 3.31. The number of aryl methyl sites for hydroxylation is 1. The molecule has 0 aliphatic rings. The molecule has 0 aliphatic carbocycles. The summed E-state index contributed by atoms with van der Waals surface area (Å²) in [4.78, 5) is 0.128. The Hall–Kier alpha value is -1.53. The molecule has 106 valence electrons. The van der Waals surface area contributed by atoms with Gasteiger partial charge in [0.05, 0.1) is 7.11 Å². The zero-order valence-corrected chi connectivity index (χ0v) is 13.5. The van der Waals surface area contributed by atoms with Gasteiger partial charge < -0.3 is 4.74 Å².